The topological polar surface area (TPSA) is 66.5 Å². The van der Waals surface area contributed by atoms with Crippen molar-refractivity contribution in [3.05, 3.63) is 69.2 Å². The van der Waals surface area contributed by atoms with Crippen LogP contribution >= 0.6 is 34.8 Å². The Kier molecular flexibility index (Phi) is 5.38. The molecule has 148 valence electrons. The van der Waals surface area contributed by atoms with Gasteiger partial charge in [-0.3, -0.25) is 14.4 Å². The van der Waals surface area contributed by atoms with Crippen molar-refractivity contribution in [1.29, 1.82) is 0 Å². The minimum absolute atomic E-state index is 0.203. The van der Waals surface area contributed by atoms with E-state index in [1.54, 1.807) is 18.2 Å². The molecule has 29 heavy (non-hydrogen) atoms. The molecule has 1 aliphatic carbocycles. The van der Waals surface area contributed by atoms with Crippen LogP contribution < -0.4 is 10.2 Å². The van der Waals surface area contributed by atoms with Crippen LogP contribution in [0, 0.1) is 11.8 Å². The lowest BCUT2D eigenvalue weighted by molar-refractivity contribution is -0.122. The number of benzene rings is 2. The highest BCUT2D eigenvalue weighted by molar-refractivity contribution is 6.38. The van der Waals surface area contributed by atoms with Gasteiger partial charge in [0.25, 0.3) is 5.91 Å². The van der Waals surface area contributed by atoms with E-state index in [0.717, 1.165) is 0 Å². The second-order valence-electron chi connectivity index (χ2n) is 6.91. The molecule has 2 aliphatic rings. The molecule has 0 spiro atoms. The van der Waals surface area contributed by atoms with Gasteiger partial charge in [0.1, 0.15) is 0 Å². The molecular formula is C21H15Cl3N2O3. The Morgan fingerprint density at radius 1 is 0.897 bits per heavy atom. The van der Waals surface area contributed by atoms with Crippen LogP contribution in [-0.4, -0.2) is 17.7 Å². The second-order valence-corrected chi connectivity index (χ2v) is 8.16. The number of allylic oxidation sites excluding steroid dienone is 2. The highest BCUT2D eigenvalue weighted by Gasteiger charge is 2.47. The van der Waals surface area contributed by atoms with E-state index in [2.05, 4.69) is 5.32 Å². The third kappa shape index (κ3) is 3.66. The van der Waals surface area contributed by atoms with E-state index < -0.39 is 5.91 Å². The largest absolute Gasteiger partial charge is 0.321 e. The number of rotatable bonds is 3. The standard InChI is InChI=1S/C21H15Cl3N2O3/c22-11-5-7-15(16(23)9-11)19(27)25-18-8-6-12(10-17(18)24)26-20(28)13-3-1-2-4-14(13)21(26)29/h1-2,5-10,13-14H,3-4H2,(H,25,27)/t13-,14+. The lowest BCUT2D eigenvalue weighted by Gasteiger charge is -2.16. The molecule has 4 rings (SSSR count). The fourth-order valence-electron chi connectivity index (χ4n) is 3.66. The predicted molar refractivity (Wildman–Crippen MR) is 114 cm³/mol. The van der Waals surface area contributed by atoms with E-state index in [4.69, 9.17) is 34.8 Å². The summed E-state index contributed by atoms with van der Waals surface area (Å²) < 4.78 is 0. The number of nitrogens with zero attached hydrogens (tertiary/aromatic N) is 1. The summed E-state index contributed by atoms with van der Waals surface area (Å²) in [5.74, 6) is -1.53. The van der Waals surface area contributed by atoms with Gasteiger partial charge in [0.15, 0.2) is 0 Å². The van der Waals surface area contributed by atoms with Crippen molar-refractivity contribution in [2.24, 2.45) is 11.8 Å². The highest BCUT2D eigenvalue weighted by Crippen LogP contribution is 2.39. The van der Waals surface area contributed by atoms with E-state index >= 15 is 0 Å². The Hall–Kier alpha value is -2.34. The van der Waals surface area contributed by atoms with Crippen LogP contribution in [0.15, 0.2) is 48.6 Å². The lowest BCUT2D eigenvalue weighted by Crippen LogP contribution is -2.30. The number of halogens is 3. The molecule has 1 aliphatic heterocycles. The summed E-state index contributed by atoms with van der Waals surface area (Å²) >= 11 is 18.2. The Labute approximate surface area is 182 Å². The third-order valence-corrected chi connectivity index (χ3v) is 6.00. The zero-order valence-electron chi connectivity index (χ0n) is 15.0. The van der Waals surface area contributed by atoms with Crippen molar-refractivity contribution in [2.75, 3.05) is 10.2 Å². The number of imide groups is 1. The van der Waals surface area contributed by atoms with Crippen molar-refractivity contribution in [3.8, 4) is 0 Å². The van der Waals surface area contributed by atoms with Gasteiger partial charge < -0.3 is 5.32 Å². The fourth-order valence-corrected chi connectivity index (χ4v) is 4.38. The van der Waals surface area contributed by atoms with Gasteiger partial charge in [0, 0.05) is 5.02 Å². The van der Waals surface area contributed by atoms with E-state index in [-0.39, 0.29) is 39.3 Å². The molecular weight excluding hydrogens is 435 g/mol. The molecule has 0 bridgehead atoms. The maximum absolute atomic E-state index is 12.7. The smallest absolute Gasteiger partial charge is 0.257 e. The first kappa shape index (κ1) is 20.0. The SMILES string of the molecule is O=C(Nc1ccc(N2C(=O)[C@H]3CC=CC[C@H]3C2=O)cc1Cl)c1ccc(Cl)cc1Cl. The Balaban J connectivity index is 1.56. The van der Waals surface area contributed by atoms with Crippen LogP contribution in [0.5, 0.6) is 0 Å². The average Bonchev–Trinajstić information content (AvgIpc) is 2.94. The van der Waals surface area contributed by atoms with Gasteiger partial charge in [-0.1, -0.05) is 47.0 Å². The molecule has 1 heterocycles. The summed E-state index contributed by atoms with van der Waals surface area (Å²) in [6, 6.07) is 9.19. The first-order valence-electron chi connectivity index (χ1n) is 8.95. The maximum atomic E-state index is 12.7. The third-order valence-electron chi connectivity index (χ3n) is 5.14. The minimum atomic E-state index is -0.452. The summed E-state index contributed by atoms with van der Waals surface area (Å²) in [4.78, 5) is 39.1. The normalized spacial score (nSPS) is 20.7. The number of hydrogen-bond acceptors (Lipinski definition) is 3. The molecule has 1 fully saturated rings. The molecule has 0 saturated carbocycles. The quantitative estimate of drug-likeness (QED) is 0.507. The number of carbonyl (C=O) groups is 3. The van der Waals surface area contributed by atoms with E-state index in [0.29, 0.717) is 29.2 Å². The van der Waals surface area contributed by atoms with E-state index in [1.807, 2.05) is 12.2 Å². The van der Waals surface area contributed by atoms with Crippen LogP contribution in [0.4, 0.5) is 11.4 Å². The summed E-state index contributed by atoms with van der Waals surface area (Å²) in [7, 11) is 0. The zero-order chi connectivity index (χ0) is 20.7. The average molecular weight is 450 g/mol. The number of carbonyl (C=O) groups excluding carboxylic acids is 3. The minimum Gasteiger partial charge on any atom is -0.321 e. The molecule has 3 amide bonds. The maximum Gasteiger partial charge on any atom is 0.257 e. The molecule has 1 saturated heterocycles. The van der Waals surface area contributed by atoms with Crippen molar-refractivity contribution >= 4 is 63.9 Å². The summed E-state index contributed by atoms with van der Waals surface area (Å²) in [6.07, 6.45) is 5.00. The van der Waals surface area contributed by atoms with E-state index in [1.165, 1.54) is 23.1 Å². The van der Waals surface area contributed by atoms with Gasteiger partial charge in [-0.15, -0.1) is 0 Å². The van der Waals surface area contributed by atoms with Crippen molar-refractivity contribution in [2.45, 2.75) is 12.8 Å². The van der Waals surface area contributed by atoms with Crippen LogP contribution in [0.3, 0.4) is 0 Å². The van der Waals surface area contributed by atoms with Gasteiger partial charge >= 0.3 is 0 Å². The van der Waals surface area contributed by atoms with Gasteiger partial charge in [0.05, 0.1) is 38.8 Å². The predicted octanol–water partition coefficient (Wildman–Crippen LogP) is 5.35. The Bertz CT molecular complexity index is 1040. The molecule has 8 heteroatoms. The fraction of sp³-hybridized carbons (Fsp3) is 0.190. The Morgan fingerprint density at radius 2 is 1.55 bits per heavy atom. The summed E-state index contributed by atoms with van der Waals surface area (Å²) in [6.45, 7) is 0. The van der Waals surface area contributed by atoms with Crippen LogP contribution in [0.2, 0.25) is 15.1 Å². The molecule has 2 aromatic rings. The number of anilines is 2. The molecule has 0 unspecified atom stereocenters. The molecule has 0 radical (unpaired) electrons. The van der Waals surface area contributed by atoms with Gasteiger partial charge in [0.2, 0.25) is 11.8 Å². The van der Waals surface area contributed by atoms with Crippen molar-refractivity contribution in [3.63, 3.8) is 0 Å². The monoisotopic (exact) mass is 448 g/mol. The van der Waals surface area contributed by atoms with Crippen LogP contribution in [0.25, 0.3) is 0 Å². The van der Waals surface area contributed by atoms with Gasteiger partial charge in [-0.2, -0.15) is 0 Å². The number of amides is 3. The molecule has 0 aromatic heterocycles. The number of fused-ring (bicyclic) bond motifs is 1. The molecule has 2 atom stereocenters. The van der Waals surface area contributed by atoms with Crippen molar-refractivity contribution < 1.29 is 14.4 Å². The molecule has 5 nitrogen and oxygen atoms in total. The first-order chi connectivity index (χ1) is 13.9. The van der Waals surface area contributed by atoms with Crippen molar-refractivity contribution in [1.82, 2.24) is 0 Å². The van der Waals surface area contributed by atoms with Gasteiger partial charge in [-0.25, -0.2) is 4.90 Å². The van der Waals surface area contributed by atoms with Gasteiger partial charge in [-0.05, 0) is 49.2 Å². The van der Waals surface area contributed by atoms with E-state index in [9.17, 15) is 14.4 Å². The molecule has 2 aromatic carbocycles. The number of nitrogens with one attached hydrogen (secondary N) is 1. The lowest BCUT2D eigenvalue weighted by atomic mass is 9.85. The second kappa shape index (κ2) is 7.82. The summed E-state index contributed by atoms with van der Waals surface area (Å²) in [5.41, 5.74) is 0.976. The highest BCUT2D eigenvalue weighted by atomic mass is 35.5. The van der Waals surface area contributed by atoms with Crippen LogP contribution in [0.1, 0.15) is 23.2 Å². The first-order valence-corrected chi connectivity index (χ1v) is 10.1. The molecule has 1 N–H and O–H groups in total. The Morgan fingerprint density at radius 3 is 2.14 bits per heavy atom. The zero-order valence-corrected chi connectivity index (χ0v) is 17.3. The van der Waals surface area contributed by atoms with Crippen LogP contribution in [-0.2, 0) is 9.59 Å². The number of hydrogen-bond donors (Lipinski definition) is 1. The summed E-state index contributed by atoms with van der Waals surface area (Å²) in [5, 5.41) is 3.52.